The van der Waals surface area contributed by atoms with Crippen LogP contribution >= 0.6 is 27.7 Å². The molecule has 0 saturated carbocycles. The van der Waals surface area contributed by atoms with Crippen LogP contribution in [0.5, 0.6) is 0 Å². The number of hydrogen-bond acceptors (Lipinski definition) is 4. The predicted molar refractivity (Wildman–Crippen MR) is 74.6 cm³/mol. The summed E-state index contributed by atoms with van der Waals surface area (Å²) in [5.74, 6) is 0.648. The average molecular weight is 310 g/mol. The van der Waals surface area contributed by atoms with Crippen molar-refractivity contribution in [1.29, 1.82) is 0 Å². The SMILES string of the molecule is CNc1ncc(C)c(Sc2ccc(Br)cc2)n1. The van der Waals surface area contributed by atoms with E-state index >= 15 is 0 Å². The molecule has 0 atom stereocenters. The smallest absolute Gasteiger partial charge is 0.223 e. The van der Waals surface area contributed by atoms with Gasteiger partial charge in [-0.25, -0.2) is 9.97 Å². The van der Waals surface area contributed by atoms with Crippen molar-refractivity contribution in [2.24, 2.45) is 0 Å². The van der Waals surface area contributed by atoms with Crippen molar-refractivity contribution < 1.29 is 0 Å². The summed E-state index contributed by atoms with van der Waals surface area (Å²) in [5, 5.41) is 3.92. The lowest BCUT2D eigenvalue weighted by molar-refractivity contribution is 1.00. The molecule has 5 heteroatoms. The van der Waals surface area contributed by atoms with Crippen LogP contribution in [-0.4, -0.2) is 17.0 Å². The van der Waals surface area contributed by atoms with E-state index in [0.717, 1.165) is 20.0 Å². The third kappa shape index (κ3) is 3.20. The normalized spacial score (nSPS) is 10.3. The Bertz CT molecular complexity index is 514. The second-order valence-corrected chi connectivity index (χ2v) is 5.47. The van der Waals surface area contributed by atoms with E-state index < -0.39 is 0 Å². The first-order valence-electron chi connectivity index (χ1n) is 5.14. The van der Waals surface area contributed by atoms with E-state index in [9.17, 15) is 0 Å². The monoisotopic (exact) mass is 309 g/mol. The topological polar surface area (TPSA) is 37.8 Å². The van der Waals surface area contributed by atoms with E-state index in [2.05, 4.69) is 43.3 Å². The largest absolute Gasteiger partial charge is 0.357 e. The highest BCUT2D eigenvalue weighted by atomic mass is 79.9. The Labute approximate surface area is 113 Å². The predicted octanol–water partition coefficient (Wildman–Crippen LogP) is 3.74. The van der Waals surface area contributed by atoms with Crippen molar-refractivity contribution in [1.82, 2.24) is 9.97 Å². The van der Waals surface area contributed by atoms with E-state index in [1.54, 1.807) is 11.8 Å². The molecule has 2 rings (SSSR count). The fraction of sp³-hybridized carbons (Fsp3) is 0.167. The summed E-state index contributed by atoms with van der Waals surface area (Å²) >= 11 is 5.06. The van der Waals surface area contributed by atoms with Gasteiger partial charge in [0.1, 0.15) is 5.03 Å². The zero-order valence-corrected chi connectivity index (χ0v) is 12.0. The van der Waals surface area contributed by atoms with Gasteiger partial charge in [-0.05, 0) is 31.2 Å². The summed E-state index contributed by atoms with van der Waals surface area (Å²) in [5.41, 5.74) is 1.08. The molecule has 3 nitrogen and oxygen atoms in total. The lowest BCUT2D eigenvalue weighted by Crippen LogP contribution is -1.98. The molecular formula is C12H12BrN3S. The molecular weight excluding hydrogens is 298 g/mol. The molecule has 0 fully saturated rings. The number of halogens is 1. The minimum atomic E-state index is 0.648. The maximum absolute atomic E-state index is 4.44. The quantitative estimate of drug-likeness (QED) is 0.877. The maximum atomic E-state index is 4.44. The Morgan fingerprint density at radius 3 is 2.59 bits per heavy atom. The summed E-state index contributed by atoms with van der Waals surface area (Å²) in [6.07, 6.45) is 1.83. The number of anilines is 1. The van der Waals surface area contributed by atoms with Crippen LogP contribution in [0.3, 0.4) is 0 Å². The highest BCUT2D eigenvalue weighted by Gasteiger charge is 2.05. The summed E-state index contributed by atoms with van der Waals surface area (Å²) in [7, 11) is 1.82. The lowest BCUT2D eigenvalue weighted by Gasteiger charge is -2.06. The minimum absolute atomic E-state index is 0.648. The number of benzene rings is 1. The summed E-state index contributed by atoms with van der Waals surface area (Å²) in [4.78, 5) is 9.77. The molecule has 0 amide bonds. The first kappa shape index (κ1) is 12.4. The van der Waals surface area contributed by atoms with Gasteiger partial charge in [-0.1, -0.05) is 27.7 Å². The zero-order valence-electron chi connectivity index (χ0n) is 9.57. The Balaban J connectivity index is 2.25. The fourth-order valence-electron chi connectivity index (χ4n) is 1.26. The average Bonchev–Trinajstić information content (AvgIpc) is 2.35. The van der Waals surface area contributed by atoms with Crippen LogP contribution in [0.15, 0.2) is 44.9 Å². The molecule has 88 valence electrons. The highest BCUT2D eigenvalue weighted by molar-refractivity contribution is 9.10. The molecule has 0 aliphatic carbocycles. The summed E-state index contributed by atoms with van der Waals surface area (Å²) < 4.78 is 1.08. The van der Waals surface area contributed by atoms with E-state index in [0.29, 0.717) is 5.95 Å². The Morgan fingerprint density at radius 1 is 1.24 bits per heavy atom. The molecule has 0 saturated heterocycles. The third-order valence-corrected chi connectivity index (χ3v) is 3.82. The molecule has 1 N–H and O–H groups in total. The number of rotatable bonds is 3. The summed E-state index contributed by atoms with van der Waals surface area (Å²) in [6, 6.07) is 8.18. The molecule has 1 aromatic heterocycles. The van der Waals surface area contributed by atoms with Gasteiger partial charge in [-0.2, -0.15) is 0 Å². The Hall–Kier alpha value is -1.07. The number of aryl methyl sites for hydroxylation is 1. The molecule has 0 radical (unpaired) electrons. The molecule has 0 unspecified atom stereocenters. The third-order valence-electron chi connectivity index (χ3n) is 2.18. The van der Waals surface area contributed by atoms with Gasteiger partial charge in [0, 0.05) is 28.2 Å². The van der Waals surface area contributed by atoms with E-state index in [1.807, 2.05) is 32.3 Å². The fourth-order valence-corrected chi connectivity index (χ4v) is 2.37. The van der Waals surface area contributed by atoms with Gasteiger partial charge in [-0.15, -0.1) is 0 Å². The molecule has 0 bridgehead atoms. The van der Waals surface area contributed by atoms with Crippen molar-refractivity contribution in [3.63, 3.8) is 0 Å². The van der Waals surface area contributed by atoms with Gasteiger partial charge in [0.2, 0.25) is 5.95 Å². The number of nitrogens with zero attached hydrogens (tertiary/aromatic N) is 2. The van der Waals surface area contributed by atoms with Gasteiger partial charge in [0.05, 0.1) is 0 Å². The Morgan fingerprint density at radius 2 is 1.94 bits per heavy atom. The second-order valence-electron chi connectivity index (χ2n) is 3.49. The number of hydrogen-bond donors (Lipinski definition) is 1. The zero-order chi connectivity index (χ0) is 12.3. The summed E-state index contributed by atoms with van der Waals surface area (Å²) in [6.45, 7) is 2.01. The van der Waals surface area contributed by atoms with Crippen molar-refractivity contribution >= 4 is 33.6 Å². The van der Waals surface area contributed by atoms with Crippen LogP contribution in [0.2, 0.25) is 0 Å². The highest BCUT2D eigenvalue weighted by Crippen LogP contribution is 2.29. The van der Waals surface area contributed by atoms with Crippen molar-refractivity contribution in [2.45, 2.75) is 16.8 Å². The molecule has 0 aliphatic heterocycles. The Kier molecular flexibility index (Phi) is 4.02. The van der Waals surface area contributed by atoms with Gasteiger partial charge >= 0.3 is 0 Å². The van der Waals surface area contributed by atoms with Crippen LogP contribution in [-0.2, 0) is 0 Å². The molecule has 1 aromatic carbocycles. The van der Waals surface area contributed by atoms with Crippen molar-refractivity contribution in [2.75, 3.05) is 12.4 Å². The van der Waals surface area contributed by atoms with E-state index in [1.165, 1.54) is 0 Å². The van der Waals surface area contributed by atoms with Crippen LogP contribution in [0.25, 0.3) is 0 Å². The van der Waals surface area contributed by atoms with Gasteiger partial charge < -0.3 is 5.32 Å². The van der Waals surface area contributed by atoms with Crippen LogP contribution < -0.4 is 5.32 Å². The number of aromatic nitrogens is 2. The minimum Gasteiger partial charge on any atom is -0.357 e. The first-order valence-corrected chi connectivity index (χ1v) is 6.75. The molecule has 17 heavy (non-hydrogen) atoms. The van der Waals surface area contributed by atoms with Crippen LogP contribution in [0.1, 0.15) is 5.56 Å². The standard InChI is InChI=1S/C12H12BrN3S/c1-8-7-15-12(14-2)16-11(8)17-10-5-3-9(13)4-6-10/h3-7H,1-2H3,(H,14,15,16). The van der Waals surface area contributed by atoms with Gasteiger partial charge in [-0.3, -0.25) is 0 Å². The molecule has 1 heterocycles. The van der Waals surface area contributed by atoms with Crippen LogP contribution in [0.4, 0.5) is 5.95 Å². The van der Waals surface area contributed by atoms with Gasteiger partial charge in [0.25, 0.3) is 0 Å². The molecule has 0 spiro atoms. The first-order chi connectivity index (χ1) is 8.19. The second kappa shape index (κ2) is 5.51. The van der Waals surface area contributed by atoms with E-state index in [4.69, 9.17) is 0 Å². The van der Waals surface area contributed by atoms with Gasteiger partial charge in [0.15, 0.2) is 0 Å². The lowest BCUT2D eigenvalue weighted by atomic mass is 10.4. The van der Waals surface area contributed by atoms with E-state index in [-0.39, 0.29) is 0 Å². The van der Waals surface area contributed by atoms with Crippen molar-refractivity contribution in [3.05, 3.63) is 40.5 Å². The maximum Gasteiger partial charge on any atom is 0.223 e. The van der Waals surface area contributed by atoms with Crippen molar-refractivity contribution in [3.8, 4) is 0 Å². The molecule has 0 aliphatic rings. The van der Waals surface area contributed by atoms with Crippen LogP contribution in [0, 0.1) is 6.92 Å². The number of nitrogens with one attached hydrogen (secondary N) is 1. The molecule has 2 aromatic rings.